The SMILES string of the molecule is Cc1ccc(S(=O)(=O)N2C[C@@H]3[C@H](C2)OC[C@H]3c2nnc(C)o2)cc1. The van der Waals surface area contributed by atoms with Crippen molar-refractivity contribution in [1.29, 1.82) is 0 Å². The van der Waals surface area contributed by atoms with Gasteiger partial charge in [-0.1, -0.05) is 17.7 Å². The molecule has 128 valence electrons. The van der Waals surface area contributed by atoms with E-state index in [-0.39, 0.29) is 17.9 Å². The molecule has 0 N–H and O–H groups in total. The van der Waals surface area contributed by atoms with E-state index in [1.807, 2.05) is 19.1 Å². The fourth-order valence-corrected chi connectivity index (χ4v) is 4.94. The average molecular weight is 349 g/mol. The number of fused-ring (bicyclic) bond motifs is 1. The van der Waals surface area contributed by atoms with Gasteiger partial charge < -0.3 is 9.15 Å². The van der Waals surface area contributed by atoms with Gasteiger partial charge in [-0.2, -0.15) is 4.31 Å². The van der Waals surface area contributed by atoms with Crippen LogP contribution in [0.2, 0.25) is 0 Å². The van der Waals surface area contributed by atoms with Crippen LogP contribution in [0.25, 0.3) is 0 Å². The van der Waals surface area contributed by atoms with Gasteiger partial charge in [-0.15, -0.1) is 10.2 Å². The first-order valence-electron chi connectivity index (χ1n) is 7.93. The summed E-state index contributed by atoms with van der Waals surface area (Å²) in [6.45, 7) is 4.95. The van der Waals surface area contributed by atoms with Gasteiger partial charge >= 0.3 is 0 Å². The topological polar surface area (TPSA) is 85.5 Å². The number of hydrogen-bond acceptors (Lipinski definition) is 6. The molecule has 2 fully saturated rings. The van der Waals surface area contributed by atoms with E-state index >= 15 is 0 Å². The van der Waals surface area contributed by atoms with Crippen molar-refractivity contribution in [2.24, 2.45) is 5.92 Å². The molecule has 2 aliphatic heterocycles. The van der Waals surface area contributed by atoms with E-state index in [1.165, 1.54) is 4.31 Å². The predicted molar refractivity (Wildman–Crippen MR) is 84.9 cm³/mol. The lowest BCUT2D eigenvalue weighted by Crippen LogP contribution is -2.31. The molecular formula is C16H19N3O4S. The molecule has 0 radical (unpaired) electrons. The van der Waals surface area contributed by atoms with Crippen LogP contribution < -0.4 is 0 Å². The van der Waals surface area contributed by atoms with Crippen LogP contribution in [0.3, 0.4) is 0 Å². The molecule has 2 aliphatic rings. The summed E-state index contributed by atoms with van der Waals surface area (Å²) in [6.07, 6.45) is -0.123. The van der Waals surface area contributed by atoms with E-state index in [0.717, 1.165) is 5.56 Å². The minimum absolute atomic E-state index is 0.0464. The van der Waals surface area contributed by atoms with Crippen molar-refractivity contribution < 1.29 is 17.6 Å². The molecule has 2 saturated heterocycles. The Morgan fingerprint density at radius 2 is 1.88 bits per heavy atom. The number of nitrogens with zero attached hydrogens (tertiary/aromatic N) is 3. The molecule has 0 aliphatic carbocycles. The first-order valence-corrected chi connectivity index (χ1v) is 9.37. The number of benzene rings is 1. The Labute approximate surface area is 140 Å². The van der Waals surface area contributed by atoms with Gasteiger partial charge in [0.15, 0.2) is 0 Å². The molecule has 7 nitrogen and oxygen atoms in total. The van der Waals surface area contributed by atoms with Crippen LogP contribution in [-0.4, -0.2) is 48.7 Å². The van der Waals surface area contributed by atoms with E-state index in [1.54, 1.807) is 19.1 Å². The zero-order valence-electron chi connectivity index (χ0n) is 13.5. The smallest absolute Gasteiger partial charge is 0.243 e. The van der Waals surface area contributed by atoms with Crippen LogP contribution in [0.4, 0.5) is 0 Å². The number of ether oxygens (including phenoxy) is 1. The van der Waals surface area contributed by atoms with Gasteiger partial charge in [0.2, 0.25) is 21.8 Å². The molecule has 0 unspecified atom stereocenters. The highest BCUT2D eigenvalue weighted by Gasteiger charge is 2.49. The Kier molecular flexibility index (Phi) is 3.70. The fourth-order valence-electron chi connectivity index (χ4n) is 3.45. The summed E-state index contributed by atoms with van der Waals surface area (Å²) in [5, 5.41) is 7.94. The third kappa shape index (κ3) is 2.54. The van der Waals surface area contributed by atoms with E-state index in [2.05, 4.69) is 10.2 Å². The second kappa shape index (κ2) is 5.65. The highest BCUT2D eigenvalue weighted by Crippen LogP contribution is 2.40. The van der Waals surface area contributed by atoms with E-state index in [4.69, 9.17) is 9.15 Å². The zero-order chi connectivity index (χ0) is 16.9. The molecule has 2 aromatic rings. The number of aromatic nitrogens is 2. The molecule has 0 amide bonds. The van der Waals surface area contributed by atoms with Crippen molar-refractivity contribution >= 4 is 10.0 Å². The van der Waals surface area contributed by atoms with Gasteiger partial charge in [0, 0.05) is 25.9 Å². The lowest BCUT2D eigenvalue weighted by Gasteiger charge is -2.18. The summed E-state index contributed by atoms with van der Waals surface area (Å²) in [4.78, 5) is 0.318. The largest absolute Gasteiger partial charge is 0.425 e. The van der Waals surface area contributed by atoms with Crippen molar-refractivity contribution in [3.05, 3.63) is 41.6 Å². The summed E-state index contributed by atoms with van der Waals surface area (Å²) in [5.41, 5.74) is 1.03. The standard InChI is InChI=1S/C16H19N3O4S/c1-10-3-5-12(6-4-10)24(20,21)19-7-13-14(9-22-15(13)8-19)16-18-17-11(2)23-16/h3-6,13-15H,7-9H2,1-2H3/t13-,14+,15-/m0/s1. The third-order valence-corrected chi connectivity index (χ3v) is 6.65. The van der Waals surface area contributed by atoms with Gasteiger partial charge in [-0.05, 0) is 19.1 Å². The molecule has 3 atom stereocenters. The normalized spacial score (nSPS) is 27.5. The summed E-state index contributed by atoms with van der Waals surface area (Å²) >= 11 is 0. The Morgan fingerprint density at radius 3 is 2.54 bits per heavy atom. The Hall–Kier alpha value is -1.77. The van der Waals surface area contributed by atoms with Gasteiger partial charge in [-0.25, -0.2) is 8.42 Å². The van der Waals surface area contributed by atoms with Crippen LogP contribution in [0.15, 0.2) is 33.6 Å². The molecule has 1 aromatic heterocycles. The average Bonchev–Trinajstić information content (AvgIpc) is 3.22. The summed E-state index contributed by atoms with van der Waals surface area (Å²) in [5.74, 6) is 1.05. The zero-order valence-corrected chi connectivity index (χ0v) is 14.4. The molecular weight excluding hydrogens is 330 g/mol. The van der Waals surface area contributed by atoms with Crippen LogP contribution in [0.5, 0.6) is 0 Å². The van der Waals surface area contributed by atoms with Crippen LogP contribution in [0, 0.1) is 19.8 Å². The van der Waals surface area contributed by atoms with E-state index in [0.29, 0.717) is 36.4 Å². The fraction of sp³-hybridized carbons (Fsp3) is 0.500. The van der Waals surface area contributed by atoms with Crippen molar-refractivity contribution in [3.63, 3.8) is 0 Å². The molecule has 1 aromatic carbocycles. The molecule has 0 bridgehead atoms. The number of sulfonamides is 1. The van der Waals surface area contributed by atoms with Crippen molar-refractivity contribution in [1.82, 2.24) is 14.5 Å². The quantitative estimate of drug-likeness (QED) is 0.834. The first kappa shape index (κ1) is 15.7. The Balaban J connectivity index is 1.57. The Morgan fingerprint density at radius 1 is 1.12 bits per heavy atom. The lowest BCUT2D eigenvalue weighted by molar-refractivity contribution is 0.105. The maximum Gasteiger partial charge on any atom is 0.243 e. The molecule has 8 heteroatoms. The summed E-state index contributed by atoms with van der Waals surface area (Å²) < 4.78 is 38.5. The molecule has 0 saturated carbocycles. The van der Waals surface area contributed by atoms with E-state index < -0.39 is 10.0 Å². The minimum Gasteiger partial charge on any atom is -0.425 e. The third-order valence-electron chi connectivity index (χ3n) is 4.80. The van der Waals surface area contributed by atoms with Gasteiger partial charge in [0.25, 0.3) is 0 Å². The lowest BCUT2D eigenvalue weighted by atomic mass is 9.93. The van der Waals surface area contributed by atoms with Gasteiger partial charge in [-0.3, -0.25) is 0 Å². The van der Waals surface area contributed by atoms with Gasteiger partial charge in [0.05, 0.1) is 23.5 Å². The molecule has 4 rings (SSSR count). The summed E-state index contributed by atoms with van der Waals surface area (Å²) in [7, 11) is -3.51. The molecule has 0 spiro atoms. The maximum absolute atomic E-state index is 12.8. The van der Waals surface area contributed by atoms with Crippen molar-refractivity contribution in [3.8, 4) is 0 Å². The van der Waals surface area contributed by atoms with Crippen LogP contribution >= 0.6 is 0 Å². The monoisotopic (exact) mass is 349 g/mol. The minimum atomic E-state index is -3.51. The maximum atomic E-state index is 12.8. The number of hydrogen-bond donors (Lipinski definition) is 0. The van der Waals surface area contributed by atoms with Crippen molar-refractivity contribution in [2.75, 3.05) is 19.7 Å². The number of rotatable bonds is 3. The van der Waals surface area contributed by atoms with E-state index in [9.17, 15) is 8.42 Å². The number of aryl methyl sites for hydroxylation is 2. The van der Waals surface area contributed by atoms with Gasteiger partial charge in [0.1, 0.15) is 0 Å². The highest BCUT2D eigenvalue weighted by molar-refractivity contribution is 7.89. The second-order valence-electron chi connectivity index (χ2n) is 6.44. The van der Waals surface area contributed by atoms with Crippen molar-refractivity contribution in [2.45, 2.75) is 30.8 Å². The second-order valence-corrected chi connectivity index (χ2v) is 8.37. The molecule has 3 heterocycles. The summed E-state index contributed by atoms with van der Waals surface area (Å²) in [6, 6.07) is 6.92. The Bertz CT molecular complexity index is 846. The highest BCUT2D eigenvalue weighted by atomic mass is 32.2. The molecule has 24 heavy (non-hydrogen) atoms. The first-order chi connectivity index (χ1) is 11.4. The van der Waals surface area contributed by atoms with Crippen LogP contribution in [-0.2, 0) is 14.8 Å². The van der Waals surface area contributed by atoms with Crippen LogP contribution in [0.1, 0.15) is 23.3 Å². The predicted octanol–water partition coefficient (Wildman–Crippen LogP) is 1.49.